The molecule has 0 saturated heterocycles. The van der Waals surface area contributed by atoms with Crippen LogP contribution in [0.15, 0.2) is 33.5 Å². The second-order valence-corrected chi connectivity index (χ2v) is 7.83. The summed E-state index contributed by atoms with van der Waals surface area (Å²) in [6.45, 7) is 1.94. The topological polar surface area (TPSA) is 135 Å². The highest BCUT2D eigenvalue weighted by molar-refractivity contribution is 6.05. The Bertz CT molecular complexity index is 1340. The molecule has 1 aliphatic carbocycles. The number of anilines is 1. The van der Waals surface area contributed by atoms with Gasteiger partial charge in [0.2, 0.25) is 5.89 Å². The Labute approximate surface area is 176 Å². The van der Waals surface area contributed by atoms with E-state index >= 15 is 0 Å². The van der Waals surface area contributed by atoms with Crippen molar-refractivity contribution in [3.63, 3.8) is 0 Å². The van der Waals surface area contributed by atoms with Gasteiger partial charge < -0.3 is 24.8 Å². The Hall–Kier alpha value is -3.69. The van der Waals surface area contributed by atoms with E-state index in [9.17, 15) is 14.9 Å². The van der Waals surface area contributed by atoms with Gasteiger partial charge in [-0.15, -0.1) is 4.68 Å². The molecule has 160 valence electrons. The predicted octanol–water partition coefficient (Wildman–Crippen LogP) is 4.02. The van der Waals surface area contributed by atoms with E-state index in [1.807, 2.05) is 12.1 Å². The summed E-state index contributed by atoms with van der Waals surface area (Å²) in [7, 11) is 0. The number of para-hydroxylation sites is 2. The number of benzene rings is 1. The maximum absolute atomic E-state index is 13.3. The van der Waals surface area contributed by atoms with Crippen molar-refractivity contribution in [2.75, 3.05) is 5.73 Å². The van der Waals surface area contributed by atoms with Crippen LogP contribution >= 0.6 is 0 Å². The standard InChI is InChI=1S/C21H22N6O4/c1-2-25-21(28)17-15(19(24-25)27(29)30)16(18(22)26(17)12-8-4-3-5-9-12)20-23-13-10-6-7-11-14(13)31-20/h6-7,10-12H,2-5,8-9,22H2,1H3. The van der Waals surface area contributed by atoms with Crippen LogP contribution in [0.4, 0.5) is 11.6 Å². The fourth-order valence-corrected chi connectivity index (χ4v) is 4.62. The van der Waals surface area contributed by atoms with E-state index in [0.29, 0.717) is 11.1 Å². The van der Waals surface area contributed by atoms with Gasteiger partial charge in [0.1, 0.15) is 22.2 Å². The van der Waals surface area contributed by atoms with Crippen molar-refractivity contribution in [1.29, 1.82) is 0 Å². The highest BCUT2D eigenvalue weighted by Gasteiger charge is 2.34. The van der Waals surface area contributed by atoms with Gasteiger partial charge in [0.25, 0.3) is 0 Å². The first-order valence-electron chi connectivity index (χ1n) is 10.5. The first-order valence-corrected chi connectivity index (χ1v) is 10.5. The number of oxazole rings is 1. The first-order chi connectivity index (χ1) is 15.0. The van der Waals surface area contributed by atoms with E-state index in [2.05, 4.69) is 10.1 Å². The van der Waals surface area contributed by atoms with Crippen LogP contribution in [-0.2, 0) is 6.54 Å². The number of nitrogens with zero attached hydrogens (tertiary/aromatic N) is 5. The summed E-state index contributed by atoms with van der Waals surface area (Å²) in [5.74, 6) is -0.0175. The Morgan fingerprint density at radius 1 is 1.26 bits per heavy atom. The zero-order valence-corrected chi connectivity index (χ0v) is 17.1. The zero-order chi connectivity index (χ0) is 21.7. The monoisotopic (exact) mass is 422 g/mol. The number of hydrogen-bond acceptors (Lipinski definition) is 7. The highest BCUT2D eigenvalue weighted by atomic mass is 16.6. The molecule has 2 N–H and O–H groups in total. The molecule has 0 bridgehead atoms. The number of aromatic nitrogens is 4. The fraction of sp³-hybridized carbons (Fsp3) is 0.381. The molecule has 3 heterocycles. The molecule has 1 aliphatic rings. The molecule has 0 spiro atoms. The summed E-state index contributed by atoms with van der Waals surface area (Å²) >= 11 is 0. The number of hydrogen-bond donors (Lipinski definition) is 1. The third-order valence-electron chi connectivity index (χ3n) is 6.04. The van der Waals surface area contributed by atoms with Crippen molar-refractivity contribution in [3.05, 3.63) is 44.7 Å². The second kappa shape index (κ2) is 7.22. The van der Waals surface area contributed by atoms with E-state index < -0.39 is 16.3 Å². The lowest BCUT2D eigenvalue weighted by Gasteiger charge is -2.25. The summed E-state index contributed by atoms with van der Waals surface area (Å²) < 4.78 is 8.80. The lowest BCUT2D eigenvalue weighted by atomic mass is 9.95. The van der Waals surface area contributed by atoms with Gasteiger partial charge in [-0.2, -0.15) is 0 Å². The Morgan fingerprint density at radius 2 is 2.00 bits per heavy atom. The van der Waals surface area contributed by atoms with Crippen molar-refractivity contribution in [2.24, 2.45) is 0 Å². The highest BCUT2D eigenvalue weighted by Crippen LogP contribution is 2.44. The number of rotatable bonds is 4. The van der Waals surface area contributed by atoms with Crippen LogP contribution < -0.4 is 11.3 Å². The maximum Gasteiger partial charge on any atom is 0.399 e. The minimum atomic E-state index is -0.579. The van der Waals surface area contributed by atoms with Crippen molar-refractivity contribution in [2.45, 2.75) is 51.6 Å². The van der Waals surface area contributed by atoms with E-state index in [0.717, 1.165) is 36.8 Å². The summed E-state index contributed by atoms with van der Waals surface area (Å²) in [5, 5.41) is 16.1. The molecule has 0 atom stereocenters. The molecule has 1 fully saturated rings. The minimum absolute atomic E-state index is 0.0191. The average Bonchev–Trinajstić information content (AvgIpc) is 3.33. The SMILES string of the molecule is CCn1nc([N+](=O)[O-])c2c(-c3nc4ccccc4o3)c(N)n(C3CCCCC3)c2c1=O. The van der Waals surface area contributed by atoms with Gasteiger partial charge in [-0.25, -0.2) is 4.98 Å². The molecule has 3 aromatic heterocycles. The van der Waals surface area contributed by atoms with Crippen LogP contribution in [0.3, 0.4) is 0 Å². The molecule has 10 heteroatoms. The van der Waals surface area contributed by atoms with Crippen LogP contribution in [0.2, 0.25) is 0 Å². The number of nitro groups is 1. The lowest BCUT2D eigenvalue weighted by Crippen LogP contribution is -2.26. The van der Waals surface area contributed by atoms with E-state index in [-0.39, 0.29) is 40.8 Å². The molecule has 0 amide bonds. The molecule has 31 heavy (non-hydrogen) atoms. The second-order valence-electron chi connectivity index (χ2n) is 7.83. The van der Waals surface area contributed by atoms with Crippen LogP contribution in [0.25, 0.3) is 33.5 Å². The van der Waals surface area contributed by atoms with Gasteiger partial charge in [-0.1, -0.05) is 31.4 Å². The van der Waals surface area contributed by atoms with Crippen molar-refractivity contribution >= 4 is 33.6 Å². The van der Waals surface area contributed by atoms with E-state index in [4.69, 9.17) is 10.2 Å². The quantitative estimate of drug-likeness (QED) is 0.387. The average molecular weight is 422 g/mol. The van der Waals surface area contributed by atoms with Gasteiger partial charge in [-0.05, 0) is 36.8 Å². The molecule has 0 radical (unpaired) electrons. The van der Waals surface area contributed by atoms with E-state index in [1.165, 1.54) is 0 Å². The van der Waals surface area contributed by atoms with Crippen LogP contribution in [0.1, 0.15) is 45.1 Å². The zero-order valence-electron chi connectivity index (χ0n) is 17.1. The Kier molecular flexibility index (Phi) is 4.49. The normalized spacial score (nSPS) is 15.1. The van der Waals surface area contributed by atoms with Gasteiger partial charge >= 0.3 is 11.4 Å². The number of aryl methyl sites for hydroxylation is 1. The summed E-state index contributed by atoms with van der Waals surface area (Å²) in [6, 6.07) is 7.17. The van der Waals surface area contributed by atoms with Crippen LogP contribution in [0, 0.1) is 10.1 Å². The van der Waals surface area contributed by atoms with Gasteiger partial charge in [0.05, 0.1) is 17.2 Å². The summed E-state index contributed by atoms with van der Waals surface area (Å²) in [4.78, 5) is 29.2. The van der Waals surface area contributed by atoms with Gasteiger partial charge in [0.15, 0.2) is 5.58 Å². The third kappa shape index (κ3) is 2.89. The molecule has 10 nitrogen and oxygen atoms in total. The Morgan fingerprint density at radius 3 is 2.68 bits per heavy atom. The summed E-state index contributed by atoms with van der Waals surface area (Å²) in [6.07, 6.45) is 4.84. The van der Waals surface area contributed by atoms with Crippen LogP contribution in [0.5, 0.6) is 0 Å². The predicted molar refractivity (Wildman–Crippen MR) is 116 cm³/mol. The van der Waals surface area contributed by atoms with Crippen LogP contribution in [-0.4, -0.2) is 24.3 Å². The molecular formula is C21H22N6O4. The molecular weight excluding hydrogens is 400 g/mol. The molecule has 0 unspecified atom stereocenters. The van der Waals surface area contributed by atoms with Crippen molar-refractivity contribution in [3.8, 4) is 11.5 Å². The smallest absolute Gasteiger partial charge is 0.399 e. The van der Waals surface area contributed by atoms with E-state index in [1.54, 1.807) is 23.6 Å². The van der Waals surface area contributed by atoms with Crippen molar-refractivity contribution in [1.82, 2.24) is 19.3 Å². The molecule has 1 aromatic carbocycles. The molecule has 4 aromatic rings. The lowest BCUT2D eigenvalue weighted by molar-refractivity contribution is -0.388. The fourth-order valence-electron chi connectivity index (χ4n) is 4.62. The van der Waals surface area contributed by atoms with Crippen molar-refractivity contribution < 1.29 is 9.34 Å². The van der Waals surface area contributed by atoms with Gasteiger partial charge in [-0.3, -0.25) is 4.79 Å². The Balaban J connectivity index is 1.92. The molecule has 1 saturated carbocycles. The summed E-state index contributed by atoms with van der Waals surface area (Å²) in [5.41, 5.74) is 7.79. The molecule has 0 aliphatic heterocycles. The third-order valence-corrected chi connectivity index (χ3v) is 6.04. The molecule has 5 rings (SSSR count). The largest absolute Gasteiger partial charge is 0.436 e. The maximum atomic E-state index is 13.3. The van der Waals surface area contributed by atoms with Gasteiger partial charge in [0, 0.05) is 6.04 Å². The number of nitrogen functional groups attached to an aromatic ring is 1. The minimum Gasteiger partial charge on any atom is -0.436 e. The number of nitrogens with two attached hydrogens (primary N) is 1. The number of fused-ring (bicyclic) bond motifs is 2. The first kappa shape index (κ1) is 19.3.